The van der Waals surface area contributed by atoms with Crippen LogP contribution in [0.3, 0.4) is 0 Å². The van der Waals surface area contributed by atoms with Crippen molar-refractivity contribution in [2.75, 3.05) is 19.9 Å². The van der Waals surface area contributed by atoms with E-state index in [1.165, 1.54) is 12.8 Å². The van der Waals surface area contributed by atoms with Crippen molar-refractivity contribution < 1.29 is 23.8 Å². The van der Waals surface area contributed by atoms with Gasteiger partial charge in [0.2, 0.25) is 12.7 Å². The summed E-state index contributed by atoms with van der Waals surface area (Å²) in [6.07, 6.45) is 7.46. The molecule has 3 aliphatic rings. The van der Waals surface area contributed by atoms with Crippen LogP contribution < -0.4 is 9.47 Å². The van der Waals surface area contributed by atoms with Crippen LogP contribution in [0.25, 0.3) is 0 Å². The maximum absolute atomic E-state index is 13.4. The molecule has 29 heavy (non-hydrogen) atoms. The van der Waals surface area contributed by atoms with E-state index in [1.807, 2.05) is 30.0 Å². The molecule has 0 spiro atoms. The Morgan fingerprint density at radius 1 is 1.10 bits per heavy atom. The fourth-order valence-electron chi connectivity index (χ4n) is 4.55. The van der Waals surface area contributed by atoms with Crippen LogP contribution in [0.5, 0.6) is 11.5 Å². The summed E-state index contributed by atoms with van der Waals surface area (Å²) in [5.74, 6) is 1.85. The molecule has 1 aromatic rings. The Labute approximate surface area is 172 Å². The molecule has 1 amide bonds. The van der Waals surface area contributed by atoms with Gasteiger partial charge in [-0.2, -0.15) is 0 Å². The van der Waals surface area contributed by atoms with Gasteiger partial charge >= 0.3 is 5.97 Å². The van der Waals surface area contributed by atoms with Crippen LogP contribution in [0.4, 0.5) is 0 Å². The lowest BCUT2D eigenvalue weighted by Gasteiger charge is -2.27. The molecule has 0 aromatic heterocycles. The molecule has 2 atom stereocenters. The van der Waals surface area contributed by atoms with Crippen molar-refractivity contribution in [1.29, 1.82) is 0 Å². The predicted molar refractivity (Wildman–Crippen MR) is 107 cm³/mol. The second-order valence-corrected chi connectivity index (χ2v) is 8.45. The van der Waals surface area contributed by atoms with Gasteiger partial charge in [0.15, 0.2) is 11.5 Å². The van der Waals surface area contributed by atoms with Crippen molar-refractivity contribution in [3.63, 3.8) is 0 Å². The van der Waals surface area contributed by atoms with Gasteiger partial charge in [0, 0.05) is 19.0 Å². The van der Waals surface area contributed by atoms with E-state index in [-0.39, 0.29) is 36.4 Å². The van der Waals surface area contributed by atoms with E-state index in [9.17, 15) is 9.59 Å². The molecule has 2 aliphatic carbocycles. The van der Waals surface area contributed by atoms with Crippen LogP contribution in [-0.4, -0.2) is 36.7 Å². The number of carbonyl (C=O) groups is 2. The zero-order chi connectivity index (χ0) is 20.2. The summed E-state index contributed by atoms with van der Waals surface area (Å²) >= 11 is 0. The predicted octanol–water partition coefficient (Wildman–Crippen LogP) is 3.91. The largest absolute Gasteiger partial charge is 0.466 e. The fraction of sp³-hybridized carbons (Fsp3) is 0.652. The van der Waals surface area contributed by atoms with Crippen molar-refractivity contribution >= 4 is 11.9 Å². The summed E-state index contributed by atoms with van der Waals surface area (Å²) in [5, 5.41) is 0. The lowest BCUT2D eigenvalue weighted by Crippen LogP contribution is -2.37. The maximum atomic E-state index is 13.4. The molecular weight excluding hydrogens is 370 g/mol. The lowest BCUT2D eigenvalue weighted by atomic mass is 9.98. The number of fused-ring (bicyclic) bond motifs is 1. The van der Waals surface area contributed by atoms with Gasteiger partial charge in [0.1, 0.15) is 0 Å². The number of nitrogens with zero attached hydrogens (tertiary/aromatic N) is 1. The highest BCUT2D eigenvalue weighted by molar-refractivity contribution is 5.79. The first-order chi connectivity index (χ1) is 14.2. The van der Waals surface area contributed by atoms with E-state index in [0.29, 0.717) is 19.7 Å². The van der Waals surface area contributed by atoms with Gasteiger partial charge in [-0.3, -0.25) is 9.59 Å². The summed E-state index contributed by atoms with van der Waals surface area (Å²) in [7, 11) is 0. The molecular formula is C23H31NO5. The normalized spacial score (nSPS) is 23.3. The number of benzene rings is 1. The topological polar surface area (TPSA) is 65.1 Å². The molecule has 1 heterocycles. The number of carbonyl (C=O) groups excluding carboxylic acids is 2. The van der Waals surface area contributed by atoms with E-state index in [0.717, 1.165) is 49.2 Å². The number of amides is 1. The first-order valence-electron chi connectivity index (χ1n) is 11.0. The van der Waals surface area contributed by atoms with E-state index >= 15 is 0 Å². The Hall–Kier alpha value is -2.24. The second kappa shape index (κ2) is 9.06. The molecule has 6 heteroatoms. The summed E-state index contributed by atoms with van der Waals surface area (Å²) in [6.45, 7) is 3.64. The fourth-order valence-corrected chi connectivity index (χ4v) is 4.55. The zero-order valence-electron chi connectivity index (χ0n) is 17.2. The van der Waals surface area contributed by atoms with Crippen LogP contribution in [-0.2, 0) is 20.9 Å². The number of ether oxygens (including phenoxy) is 3. The standard InChI is InChI=1S/C23H31NO5/c1-2-27-23(26)19-12-18(19)14-24(22(25)17-7-5-3-4-6-8-17)13-16-9-10-20-21(11-16)29-15-28-20/h9-11,17-19H,2-8,12-15H2,1H3. The molecule has 0 bridgehead atoms. The van der Waals surface area contributed by atoms with Gasteiger partial charge in [-0.05, 0) is 49.8 Å². The molecule has 0 radical (unpaired) electrons. The van der Waals surface area contributed by atoms with Crippen LogP contribution in [0, 0.1) is 17.8 Å². The molecule has 2 fully saturated rings. The molecule has 2 saturated carbocycles. The Morgan fingerprint density at radius 3 is 2.62 bits per heavy atom. The van der Waals surface area contributed by atoms with E-state index < -0.39 is 0 Å². The van der Waals surface area contributed by atoms with E-state index in [4.69, 9.17) is 14.2 Å². The number of hydrogen-bond donors (Lipinski definition) is 0. The van der Waals surface area contributed by atoms with Crippen molar-refractivity contribution in [2.24, 2.45) is 17.8 Å². The van der Waals surface area contributed by atoms with Crippen LogP contribution in [0.2, 0.25) is 0 Å². The number of esters is 1. The van der Waals surface area contributed by atoms with Crippen LogP contribution >= 0.6 is 0 Å². The maximum Gasteiger partial charge on any atom is 0.309 e. The van der Waals surface area contributed by atoms with Crippen molar-refractivity contribution in [1.82, 2.24) is 4.90 Å². The average Bonchev–Trinajstić information content (AvgIpc) is 3.42. The molecule has 6 nitrogen and oxygen atoms in total. The smallest absolute Gasteiger partial charge is 0.309 e. The highest BCUT2D eigenvalue weighted by Crippen LogP contribution is 2.41. The van der Waals surface area contributed by atoms with E-state index in [2.05, 4.69) is 0 Å². The molecule has 0 saturated heterocycles. The minimum absolute atomic E-state index is 0.0591. The summed E-state index contributed by atoms with van der Waals surface area (Å²) in [5.41, 5.74) is 1.03. The summed E-state index contributed by atoms with van der Waals surface area (Å²) < 4.78 is 16.1. The first-order valence-corrected chi connectivity index (χ1v) is 11.0. The average molecular weight is 402 g/mol. The third-order valence-corrected chi connectivity index (χ3v) is 6.29. The Morgan fingerprint density at radius 2 is 1.86 bits per heavy atom. The van der Waals surface area contributed by atoms with Gasteiger partial charge in [0.25, 0.3) is 0 Å². The molecule has 1 aromatic carbocycles. The van der Waals surface area contributed by atoms with Crippen molar-refractivity contribution in [3.05, 3.63) is 23.8 Å². The highest BCUT2D eigenvalue weighted by Gasteiger charge is 2.45. The van der Waals surface area contributed by atoms with Crippen molar-refractivity contribution in [2.45, 2.75) is 58.4 Å². The summed E-state index contributed by atoms with van der Waals surface area (Å²) in [4.78, 5) is 27.4. The van der Waals surface area contributed by atoms with Gasteiger partial charge in [-0.25, -0.2) is 0 Å². The zero-order valence-corrected chi connectivity index (χ0v) is 17.2. The minimum atomic E-state index is -0.123. The van der Waals surface area contributed by atoms with Crippen molar-refractivity contribution in [3.8, 4) is 11.5 Å². The SMILES string of the molecule is CCOC(=O)C1CC1CN(Cc1ccc2c(c1)OCO2)C(=O)C1CCCCCC1. The molecule has 158 valence electrons. The molecule has 2 unspecified atom stereocenters. The van der Waals surface area contributed by atoms with Gasteiger partial charge in [0.05, 0.1) is 12.5 Å². The monoisotopic (exact) mass is 401 g/mol. The lowest BCUT2D eigenvalue weighted by molar-refractivity contribution is -0.145. The molecule has 0 N–H and O–H groups in total. The molecule has 4 rings (SSSR count). The third-order valence-electron chi connectivity index (χ3n) is 6.29. The second-order valence-electron chi connectivity index (χ2n) is 8.45. The third kappa shape index (κ3) is 4.85. The Balaban J connectivity index is 1.46. The minimum Gasteiger partial charge on any atom is -0.466 e. The number of hydrogen-bond acceptors (Lipinski definition) is 5. The summed E-state index contributed by atoms with van der Waals surface area (Å²) in [6, 6.07) is 5.87. The van der Waals surface area contributed by atoms with E-state index in [1.54, 1.807) is 0 Å². The van der Waals surface area contributed by atoms with Crippen LogP contribution in [0.1, 0.15) is 57.4 Å². The Bertz CT molecular complexity index is 741. The quantitative estimate of drug-likeness (QED) is 0.512. The van der Waals surface area contributed by atoms with Gasteiger partial charge < -0.3 is 19.1 Å². The van der Waals surface area contributed by atoms with Crippen LogP contribution in [0.15, 0.2) is 18.2 Å². The number of rotatable bonds is 7. The molecule has 1 aliphatic heterocycles. The Kier molecular flexibility index (Phi) is 6.26. The highest BCUT2D eigenvalue weighted by atomic mass is 16.7. The first kappa shape index (κ1) is 20.0. The van der Waals surface area contributed by atoms with Gasteiger partial charge in [-0.15, -0.1) is 0 Å². The van der Waals surface area contributed by atoms with Gasteiger partial charge in [-0.1, -0.05) is 31.7 Å².